The molecule has 1 aliphatic rings. The van der Waals surface area contributed by atoms with E-state index in [4.69, 9.17) is 9.73 Å². The highest BCUT2D eigenvalue weighted by Crippen LogP contribution is 2.29. The van der Waals surface area contributed by atoms with E-state index in [0.717, 1.165) is 34.2 Å². The molecular weight excluding hydrogens is 492 g/mol. The Bertz CT molecular complexity index is 1240. The summed E-state index contributed by atoms with van der Waals surface area (Å²) >= 11 is 3.43. The lowest BCUT2D eigenvalue weighted by atomic mass is 10.1. The van der Waals surface area contributed by atoms with Gasteiger partial charge in [-0.1, -0.05) is 41.4 Å². The van der Waals surface area contributed by atoms with Gasteiger partial charge in [0.05, 0.1) is 12.3 Å². The summed E-state index contributed by atoms with van der Waals surface area (Å²) in [7, 11) is 0. The second-order valence-corrected chi connectivity index (χ2v) is 8.90. The Kier molecular flexibility index (Phi) is 7.38. The van der Waals surface area contributed by atoms with Gasteiger partial charge in [0.1, 0.15) is 17.3 Å². The molecule has 0 unspecified atom stereocenters. The lowest BCUT2D eigenvalue weighted by molar-refractivity contribution is -0.113. The van der Waals surface area contributed by atoms with Gasteiger partial charge in [0.15, 0.2) is 5.78 Å². The van der Waals surface area contributed by atoms with Gasteiger partial charge in [-0.05, 0) is 85.6 Å². The number of anilines is 1. The summed E-state index contributed by atoms with van der Waals surface area (Å²) in [4.78, 5) is 31.5. The van der Waals surface area contributed by atoms with Crippen molar-refractivity contribution in [2.45, 2.75) is 26.7 Å². The van der Waals surface area contributed by atoms with Crippen molar-refractivity contribution in [2.75, 3.05) is 11.5 Å². The monoisotopic (exact) mass is 516 g/mol. The number of ketones is 1. The number of hydrogen-bond acceptors (Lipinski definition) is 4. The summed E-state index contributed by atoms with van der Waals surface area (Å²) in [6.45, 7) is 4.31. The highest BCUT2D eigenvalue weighted by atomic mass is 79.9. The Hall–Kier alpha value is -3.51. The van der Waals surface area contributed by atoms with E-state index in [0.29, 0.717) is 29.4 Å². The van der Waals surface area contributed by atoms with Crippen molar-refractivity contribution < 1.29 is 14.3 Å². The van der Waals surface area contributed by atoms with Gasteiger partial charge in [0.2, 0.25) is 0 Å². The first-order valence-electron chi connectivity index (χ1n) is 11.2. The Labute approximate surface area is 207 Å². The number of amidine groups is 1. The van der Waals surface area contributed by atoms with Crippen molar-refractivity contribution in [2.24, 2.45) is 4.99 Å². The first-order valence-corrected chi connectivity index (χ1v) is 12.0. The topological polar surface area (TPSA) is 59.0 Å². The minimum Gasteiger partial charge on any atom is -0.494 e. The first-order chi connectivity index (χ1) is 16.5. The molecule has 0 radical (unpaired) electrons. The molecule has 0 aromatic heterocycles. The average Bonchev–Trinajstić information content (AvgIpc) is 3.17. The van der Waals surface area contributed by atoms with Gasteiger partial charge < -0.3 is 4.74 Å². The number of aliphatic imine (C=N–C) groups is 1. The van der Waals surface area contributed by atoms with Gasteiger partial charge in [-0.2, -0.15) is 0 Å². The average molecular weight is 517 g/mol. The smallest absolute Gasteiger partial charge is 0.282 e. The second-order valence-electron chi connectivity index (χ2n) is 7.99. The molecule has 5 nitrogen and oxygen atoms in total. The quantitative estimate of drug-likeness (QED) is 0.191. The number of halogens is 1. The molecule has 1 amide bonds. The van der Waals surface area contributed by atoms with E-state index >= 15 is 0 Å². The van der Waals surface area contributed by atoms with Gasteiger partial charge in [-0.3, -0.25) is 14.5 Å². The SMILES string of the molecule is CCCCOc1ccc(C2=N/C(=C\c3ccc(Br)cc3)C(=O)N2c2ccc(C(C)=O)cc2)cc1. The maximum absolute atomic E-state index is 13.5. The zero-order valence-corrected chi connectivity index (χ0v) is 20.7. The standard InChI is InChI=1S/C28H25BrN2O3/c1-3-4-17-34-25-15-9-22(10-16-25)27-30-26(18-20-5-11-23(29)12-6-20)28(33)31(27)24-13-7-21(8-14-24)19(2)32/h5-16,18H,3-4,17H2,1-2H3/b26-18-. The van der Waals surface area contributed by atoms with Crippen molar-refractivity contribution in [3.8, 4) is 5.75 Å². The molecule has 34 heavy (non-hydrogen) atoms. The molecule has 0 fully saturated rings. The molecule has 0 spiro atoms. The molecular formula is C28H25BrN2O3. The van der Waals surface area contributed by atoms with E-state index < -0.39 is 0 Å². The second kappa shape index (κ2) is 10.6. The maximum atomic E-state index is 13.5. The lowest BCUT2D eigenvalue weighted by Crippen LogP contribution is -2.32. The van der Waals surface area contributed by atoms with E-state index in [2.05, 4.69) is 22.9 Å². The van der Waals surface area contributed by atoms with Crippen molar-refractivity contribution in [1.82, 2.24) is 0 Å². The number of nitrogens with zero attached hydrogens (tertiary/aromatic N) is 2. The third-order valence-electron chi connectivity index (χ3n) is 5.44. The van der Waals surface area contributed by atoms with Crippen LogP contribution in [0.25, 0.3) is 6.08 Å². The molecule has 172 valence electrons. The fourth-order valence-electron chi connectivity index (χ4n) is 3.55. The van der Waals surface area contributed by atoms with Gasteiger partial charge >= 0.3 is 0 Å². The molecule has 0 bridgehead atoms. The third-order valence-corrected chi connectivity index (χ3v) is 5.97. The molecule has 6 heteroatoms. The molecule has 0 atom stereocenters. The molecule has 3 aromatic carbocycles. The van der Waals surface area contributed by atoms with Crippen molar-refractivity contribution >= 4 is 45.2 Å². The normalized spacial score (nSPS) is 14.4. The Morgan fingerprint density at radius 3 is 2.29 bits per heavy atom. The van der Waals surface area contributed by atoms with E-state index in [9.17, 15) is 9.59 Å². The van der Waals surface area contributed by atoms with Crippen molar-refractivity contribution in [3.63, 3.8) is 0 Å². The molecule has 0 aliphatic carbocycles. The van der Waals surface area contributed by atoms with Crippen molar-refractivity contribution in [1.29, 1.82) is 0 Å². The zero-order chi connectivity index (χ0) is 24.1. The lowest BCUT2D eigenvalue weighted by Gasteiger charge is -2.19. The highest BCUT2D eigenvalue weighted by Gasteiger charge is 2.32. The van der Waals surface area contributed by atoms with Crippen LogP contribution in [0.1, 0.15) is 48.2 Å². The third kappa shape index (κ3) is 5.34. The number of rotatable bonds is 8. The predicted octanol–water partition coefficient (Wildman–Crippen LogP) is 6.67. The Morgan fingerprint density at radius 2 is 1.68 bits per heavy atom. The zero-order valence-electron chi connectivity index (χ0n) is 19.1. The number of amides is 1. The van der Waals surface area contributed by atoms with Crippen molar-refractivity contribution in [3.05, 3.63) is 99.7 Å². The summed E-state index contributed by atoms with van der Waals surface area (Å²) in [6, 6.07) is 22.3. The number of carbonyl (C=O) groups is 2. The number of benzene rings is 3. The summed E-state index contributed by atoms with van der Waals surface area (Å²) < 4.78 is 6.74. The Balaban J connectivity index is 1.71. The summed E-state index contributed by atoms with van der Waals surface area (Å²) in [5.41, 5.74) is 3.26. The van der Waals surface area contributed by atoms with E-state index in [1.54, 1.807) is 35.2 Å². The van der Waals surface area contributed by atoms with E-state index in [1.807, 2.05) is 48.5 Å². The Morgan fingerprint density at radius 1 is 1.00 bits per heavy atom. The maximum Gasteiger partial charge on any atom is 0.282 e. The van der Waals surface area contributed by atoms with Crippen LogP contribution in [0.4, 0.5) is 5.69 Å². The molecule has 0 N–H and O–H groups in total. The fraction of sp³-hybridized carbons (Fsp3) is 0.179. The minimum atomic E-state index is -0.225. The minimum absolute atomic E-state index is 0.0253. The van der Waals surface area contributed by atoms with Gasteiger partial charge in [0, 0.05) is 15.6 Å². The molecule has 0 saturated heterocycles. The van der Waals surface area contributed by atoms with Crippen LogP contribution in [0.2, 0.25) is 0 Å². The van der Waals surface area contributed by atoms with Crippen LogP contribution in [0.15, 0.2) is 88.0 Å². The van der Waals surface area contributed by atoms with Gasteiger partial charge in [0.25, 0.3) is 5.91 Å². The highest BCUT2D eigenvalue weighted by molar-refractivity contribution is 9.10. The summed E-state index contributed by atoms with van der Waals surface area (Å²) in [5, 5.41) is 0. The number of unbranched alkanes of at least 4 members (excludes halogenated alkanes) is 1. The molecule has 3 aromatic rings. The van der Waals surface area contributed by atoms with Crippen LogP contribution in [0, 0.1) is 0 Å². The van der Waals surface area contributed by atoms with Crippen LogP contribution < -0.4 is 9.64 Å². The molecule has 4 rings (SSSR count). The van der Waals surface area contributed by atoms with Crippen LogP contribution in [-0.4, -0.2) is 24.1 Å². The molecule has 0 saturated carbocycles. The number of ether oxygens (including phenoxy) is 1. The van der Waals surface area contributed by atoms with E-state index in [-0.39, 0.29) is 11.7 Å². The first kappa shape index (κ1) is 23.6. The van der Waals surface area contributed by atoms with Crippen LogP contribution in [0.3, 0.4) is 0 Å². The number of hydrogen-bond donors (Lipinski definition) is 0. The van der Waals surface area contributed by atoms with Crippen LogP contribution >= 0.6 is 15.9 Å². The van der Waals surface area contributed by atoms with E-state index in [1.165, 1.54) is 6.92 Å². The number of Topliss-reactive ketones (excluding diaryl/α,β-unsaturated/α-hetero) is 1. The molecule has 1 heterocycles. The largest absolute Gasteiger partial charge is 0.494 e. The van der Waals surface area contributed by atoms with Crippen LogP contribution in [0.5, 0.6) is 5.75 Å². The number of carbonyl (C=O) groups excluding carboxylic acids is 2. The van der Waals surface area contributed by atoms with Gasteiger partial charge in [-0.25, -0.2) is 4.99 Å². The van der Waals surface area contributed by atoms with Gasteiger partial charge in [-0.15, -0.1) is 0 Å². The summed E-state index contributed by atoms with van der Waals surface area (Å²) in [6.07, 6.45) is 3.85. The summed E-state index contributed by atoms with van der Waals surface area (Å²) in [5.74, 6) is 1.06. The fourth-order valence-corrected chi connectivity index (χ4v) is 3.81. The molecule has 1 aliphatic heterocycles. The van der Waals surface area contributed by atoms with Crippen LogP contribution in [-0.2, 0) is 4.79 Å². The predicted molar refractivity (Wildman–Crippen MR) is 139 cm³/mol.